The molecule has 0 radical (unpaired) electrons. The van der Waals surface area contributed by atoms with Crippen LogP contribution in [0.15, 0.2) is 24.1 Å². The molecular weight excluding hydrogens is 174 g/mol. The lowest BCUT2D eigenvalue weighted by Gasteiger charge is -2.21. The minimum Gasteiger partial charge on any atom is -0.372 e. The van der Waals surface area contributed by atoms with Gasteiger partial charge in [0, 0.05) is 18.8 Å². The Hall–Kier alpha value is -0.503. The van der Waals surface area contributed by atoms with E-state index in [2.05, 4.69) is 36.8 Å². The van der Waals surface area contributed by atoms with Crippen LogP contribution in [-0.4, -0.2) is 26.1 Å². The molecule has 0 aromatic rings. The van der Waals surface area contributed by atoms with Crippen LogP contribution < -0.4 is 0 Å². The molecule has 0 unspecified atom stereocenters. The van der Waals surface area contributed by atoms with Crippen molar-refractivity contribution in [3.63, 3.8) is 0 Å². The smallest absolute Gasteiger partial charge is 0.0709 e. The van der Waals surface area contributed by atoms with Crippen LogP contribution in [0.5, 0.6) is 0 Å². The Balaban J connectivity index is 2.67. The number of likely N-dealkylation sites (tertiary alicyclic amines) is 1. The molecule has 1 fully saturated rings. The molecule has 0 N–H and O–H groups in total. The lowest BCUT2D eigenvalue weighted by atomic mass is 10.3. The summed E-state index contributed by atoms with van der Waals surface area (Å²) in [6.07, 6.45) is 4.60. The minimum absolute atomic E-state index is 1.02. The summed E-state index contributed by atoms with van der Waals surface area (Å²) in [6.45, 7) is 13.2. The maximum Gasteiger partial charge on any atom is 0.0709 e. The quantitative estimate of drug-likeness (QED) is 0.494. The summed E-state index contributed by atoms with van der Waals surface area (Å²) in [5, 5.41) is 0. The molecule has 0 saturated carbocycles. The monoisotopic (exact) mass is 195 g/mol. The third-order valence-electron chi connectivity index (χ3n) is 2.22. The first-order valence-electron chi connectivity index (χ1n) is 5.10. The third kappa shape index (κ3) is 3.39. The molecule has 0 spiro atoms. The summed E-state index contributed by atoms with van der Waals surface area (Å²) in [7, 11) is -1.03. The van der Waals surface area contributed by atoms with Crippen LogP contribution in [0, 0.1) is 0 Å². The highest BCUT2D eigenvalue weighted by Gasteiger charge is 2.19. The van der Waals surface area contributed by atoms with E-state index in [-0.39, 0.29) is 0 Å². The van der Waals surface area contributed by atoms with Crippen LogP contribution in [0.1, 0.15) is 12.8 Å². The van der Waals surface area contributed by atoms with E-state index in [0.29, 0.717) is 0 Å². The minimum atomic E-state index is -1.03. The van der Waals surface area contributed by atoms with E-state index in [4.69, 9.17) is 0 Å². The molecule has 0 aromatic carbocycles. The van der Waals surface area contributed by atoms with Crippen molar-refractivity contribution in [2.45, 2.75) is 32.5 Å². The lowest BCUT2D eigenvalue weighted by Crippen LogP contribution is -2.23. The van der Waals surface area contributed by atoms with Crippen LogP contribution >= 0.6 is 0 Å². The topological polar surface area (TPSA) is 3.24 Å². The summed E-state index contributed by atoms with van der Waals surface area (Å²) >= 11 is 0. The second-order valence-corrected chi connectivity index (χ2v) is 9.86. The zero-order chi connectivity index (χ0) is 9.90. The molecule has 74 valence electrons. The van der Waals surface area contributed by atoms with Gasteiger partial charge in [-0.15, -0.1) is 6.58 Å². The summed E-state index contributed by atoms with van der Waals surface area (Å²) in [6, 6.07) is 0. The molecule has 0 atom stereocenters. The van der Waals surface area contributed by atoms with Gasteiger partial charge in [-0.05, 0) is 12.8 Å². The normalized spacial score (nSPS) is 21.2. The highest BCUT2D eigenvalue weighted by molar-refractivity contribution is 6.81. The largest absolute Gasteiger partial charge is 0.372 e. The average molecular weight is 195 g/mol. The fourth-order valence-corrected chi connectivity index (χ4v) is 3.11. The summed E-state index contributed by atoms with van der Waals surface area (Å²) in [5.74, 6) is 0. The predicted molar refractivity (Wildman–Crippen MR) is 62.4 cm³/mol. The first-order chi connectivity index (χ1) is 6.03. The first-order valence-corrected chi connectivity index (χ1v) is 8.68. The van der Waals surface area contributed by atoms with Gasteiger partial charge in [0.15, 0.2) is 0 Å². The van der Waals surface area contributed by atoms with E-state index < -0.39 is 8.07 Å². The van der Waals surface area contributed by atoms with Crippen molar-refractivity contribution in [3.8, 4) is 0 Å². The van der Waals surface area contributed by atoms with Gasteiger partial charge in [0.25, 0.3) is 0 Å². The van der Waals surface area contributed by atoms with Gasteiger partial charge in [-0.1, -0.05) is 31.4 Å². The summed E-state index contributed by atoms with van der Waals surface area (Å²) in [5.41, 5.74) is 4.10. The summed E-state index contributed by atoms with van der Waals surface area (Å²) < 4.78 is 0. The Labute approximate surface area is 83.1 Å². The highest BCUT2D eigenvalue weighted by Crippen LogP contribution is 2.22. The molecule has 0 aromatic heterocycles. The lowest BCUT2D eigenvalue weighted by molar-refractivity contribution is 0.437. The van der Waals surface area contributed by atoms with Crippen molar-refractivity contribution < 1.29 is 0 Å². The van der Waals surface area contributed by atoms with Crippen LogP contribution in [-0.2, 0) is 0 Å². The standard InChI is InChI=1S/C11H21NSi/c1-5-8-12-9-6-7-11(12)10-13(2,3)4/h5,10H,1,6-9H2,2-4H3/b11-10+. The highest BCUT2D eigenvalue weighted by atomic mass is 28.3. The maximum atomic E-state index is 3.80. The van der Waals surface area contributed by atoms with Gasteiger partial charge in [0.2, 0.25) is 0 Å². The van der Waals surface area contributed by atoms with Gasteiger partial charge >= 0.3 is 0 Å². The van der Waals surface area contributed by atoms with Crippen LogP contribution in [0.3, 0.4) is 0 Å². The van der Waals surface area contributed by atoms with E-state index in [1.807, 2.05) is 6.08 Å². The van der Waals surface area contributed by atoms with Crippen molar-refractivity contribution >= 4 is 8.07 Å². The van der Waals surface area contributed by atoms with Gasteiger partial charge in [-0.3, -0.25) is 0 Å². The molecule has 0 bridgehead atoms. The Kier molecular flexibility index (Phi) is 3.37. The number of hydrogen-bond donors (Lipinski definition) is 0. The molecule has 13 heavy (non-hydrogen) atoms. The van der Waals surface area contributed by atoms with Crippen molar-refractivity contribution in [3.05, 3.63) is 24.1 Å². The van der Waals surface area contributed by atoms with Gasteiger partial charge < -0.3 is 4.90 Å². The number of hydrogen-bond acceptors (Lipinski definition) is 1. The maximum absolute atomic E-state index is 3.80. The van der Waals surface area contributed by atoms with Crippen molar-refractivity contribution in [1.82, 2.24) is 4.90 Å². The zero-order valence-corrected chi connectivity index (χ0v) is 10.1. The Morgan fingerprint density at radius 1 is 1.46 bits per heavy atom. The van der Waals surface area contributed by atoms with Gasteiger partial charge in [0.1, 0.15) is 0 Å². The van der Waals surface area contributed by atoms with Crippen molar-refractivity contribution in [2.75, 3.05) is 13.1 Å². The van der Waals surface area contributed by atoms with E-state index in [9.17, 15) is 0 Å². The Bertz CT molecular complexity index is 213. The fraction of sp³-hybridized carbons (Fsp3) is 0.636. The number of rotatable bonds is 3. The second-order valence-electron chi connectivity index (χ2n) is 4.84. The molecule has 2 heteroatoms. The molecular formula is C11H21NSi. The fourth-order valence-electron chi connectivity index (χ4n) is 1.78. The number of allylic oxidation sites excluding steroid dienone is 1. The van der Waals surface area contributed by atoms with Crippen LogP contribution in [0.2, 0.25) is 19.6 Å². The van der Waals surface area contributed by atoms with E-state index in [1.54, 1.807) is 5.70 Å². The second kappa shape index (κ2) is 4.14. The Morgan fingerprint density at radius 3 is 2.69 bits per heavy atom. The van der Waals surface area contributed by atoms with Gasteiger partial charge in [-0.25, -0.2) is 0 Å². The molecule has 1 heterocycles. The van der Waals surface area contributed by atoms with E-state index in [1.165, 1.54) is 19.4 Å². The van der Waals surface area contributed by atoms with E-state index >= 15 is 0 Å². The predicted octanol–water partition coefficient (Wildman–Crippen LogP) is 3.03. The zero-order valence-electron chi connectivity index (χ0n) is 9.14. The SMILES string of the molecule is C=CCN1CCC/C1=C\[Si](C)(C)C. The third-order valence-corrected chi connectivity index (χ3v) is 3.42. The summed E-state index contributed by atoms with van der Waals surface area (Å²) in [4.78, 5) is 2.46. The average Bonchev–Trinajstić information content (AvgIpc) is 2.34. The van der Waals surface area contributed by atoms with Gasteiger partial charge in [-0.2, -0.15) is 0 Å². The van der Waals surface area contributed by atoms with Crippen molar-refractivity contribution in [1.29, 1.82) is 0 Å². The van der Waals surface area contributed by atoms with Crippen LogP contribution in [0.4, 0.5) is 0 Å². The first kappa shape index (κ1) is 10.6. The molecule has 1 aliphatic rings. The number of nitrogens with zero attached hydrogens (tertiary/aromatic N) is 1. The molecule has 0 amide bonds. The molecule has 1 aliphatic heterocycles. The van der Waals surface area contributed by atoms with Gasteiger partial charge in [0.05, 0.1) is 8.07 Å². The van der Waals surface area contributed by atoms with Crippen molar-refractivity contribution in [2.24, 2.45) is 0 Å². The van der Waals surface area contributed by atoms with Crippen LogP contribution in [0.25, 0.3) is 0 Å². The van der Waals surface area contributed by atoms with E-state index in [0.717, 1.165) is 6.54 Å². The molecule has 1 rings (SSSR count). The molecule has 1 saturated heterocycles. The molecule has 1 nitrogen and oxygen atoms in total. The molecule has 0 aliphatic carbocycles. The Morgan fingerprint density at radius 2 is 2.15 bits per heavy atom.